The van der Waals surface area contributed by atoms with Crippen LogP contribution in [-0.2, 0) is 12.2 Å². The zero-order chi connectivity index (χ0) is 15.4. The third-order valence-corrected chi connectivity index (χ3v) is 4.58. The third-order valence-electron chi connectivity index (χ3n) is 3.32. The SMILES string of the molecule is Cc1ccc(Cc2nc(SCc3ccccc3Cl)n[nH]2)cc1. The van der Waals surface area contributed by atoms with Crippen molar-refractivity contribution in [1.82, 2.24) is 15.2 Å². The van der Waals surface area contributed by atoms with Crippen LogP contribution in [-0.4, -0.2) is 15.2 Å². The lowest BCUT2D eigenvalue weighted by molar-refractivity contribution is 0.956. The molecule has 0 saturated carbocycles. The maximum absolute atomic E-state index is 6.15. The predicted octanol–water partition coefficient (Wildman–Crippen LogP) is 4.65. The molecule has 0 aliphatic carbocycles. The lowest BCUT2D eigenvalue weighted by Gasteiger charge is -2.00. The fourth-order valence-electron chi connectivity index (χ4n) is 2.08. The fourth-order valence-corrected chi connectivity index (χ4v) is 3.18. The van der Waals surface area contributed by atoms with Crippen molar-refractivity contribution in [2.45, 2.75) is 24.3 Å². The summed E-state index contributed by atoms with van der Waals surface area (Å²) in [5, 5.41) is 8.80. The van der Waals surface area contributed by atoms with Crippen LogP contribution in [0.3, 0.4) is 0 Å². The highest BCUT2D eigenvalue weighted by Gasteiger charge is 2.06. The van der Waals surface area contributed by atoms with Gasteiger partial charge in [0, 0.05) is 17.2 Å². The molecule has 3 aromatic rings. The largest absolute Gasteiger partial charge is 0.262 e. The highest BCUT2D eigenvalue weighted by Crippen LogP contribution is 2.24. The van der Waals surface area contributed by atoms with Crippen LogP contribution in [0.25, 0.3) is 0 Å². The standard InChI is InChI=1S/C17H16ClN3S/c1-12-6-8-13(9-7-12)10-16-19-17(21-20-16)22-11-14-4-2-3-5-15(14)18/h2-9H,10-11H2,1H3,(H,19,20,21). The van der Waals surface area contributed by atoms with Crippen LogP contribution in [0.4, 0.5) is 0 Å². The zero-order valence-corrected chi connectivity index (χ0v) is 13.8. The van der Waals surface area contributed by atoms with Crippen LogP contribution >= 0.6 is 23.4 Å². The summed E-state index contributed by atoms with van der Waals surface area (Å²) in [5.41, 5.74) is 3.58. The molecule has 0 radical (unpaired) electrons. The summed E-state index contributed by atoms with van der Waals surface area (Å²) >= 11 is 7.74. The van der Waals surface area contributed by atoms with Gasteiger partial charge in [0.05, 0.1) is 0 Å². The molecular weight excluding hydrogens is 314 g/mol. The molecule has 1 heterocycles. The number of rotatable bonds is 5. The number of hydrogen-bond donors (Lipinski definition) is 1. The second-order valence-corrected chi connectivity index (χ2v) is 6.46. The van der Waals surface area contributed by atoms with E-state index >= 15 is 0 Å². The number of halogens is 1. The zero-order valence-electron chi connectivity index (χ0n) is 12.2. The lowest BCUT2D eigenvalue weighted by Crippen LogP contribution is -1.90. The Labute approximate surface area is 139 Å². The molecule has 0 unspecified atom stereocenters. The molecule has 22 heavy (non-hydrogen) atoms. The molecule has 1 N–H and O–H groups in total. The third kappa shape index (κ3) is 3.90. The molecule has 0 bridgehead atoms. The first-order valence-corrected chi connectivity index (χ1v) is 8.40. The van der Waals surface area contributed by atoms with Crippen LogP contribution < -0.4 is 0 Å². The normalized spacial score (nSPS) is 10.8. The Bertz CT molecular complexity index is 753. The molecule has 0 fully saturated rings. The van der Waals surface area contributed by atoms with E-state index in [0.717, 1.165) is 33.7 Å². The van der Waals surface area contributed by atoms with E-state index in [-0.39, 0.29) is 0 Å². The van der Waals surface area contributed by atoms with Gasteiger partial charge in [0.2, 0.25) is 5.16 Å². The van der Waals surface area contributed by atoms with E-state index in [1.54, 1.807) is 11.8 Å². The number of aromatic amines is 1. The number of thioether (sulfide) groups is 1. The van der Waals surface area contributed by atoms with Crippen LogP contribution in [0.15, 0.2) is 53.7 Å². The fraction of sp³-hybridized carbons (Fsp3) is 0.176. The Balaban J connectivity index is 1.61. The summed E-state index contributed by atoms with van der Waals surface area (Å²) in [6.07, 6.45) is 0.764. The molecule has 2 aromatic carbocycles. The Hall–Kier alpha value is -1.78. The molecule has 112 valence electrons. The van der Waals surface area contributed by atoms with Crippen molar-refractivity contribution in [3.8, 4) is 0 Å². The molecule has 0 amide bonds. The van der Waals surface area contributed by atoms with Gasteiger partial charge in [-0.25, -0.2) is 4.98 Å². The van der Waals surface area contributed by atoms with E-state index < -0.39 is 0 Å². The van der Waals surface area contributed by atoms with Crippen molar-refractivity contribution in [3.63, 3.8) is 0 Å². The number of aromatic nitrogens is 3. The Kier molecular flexibility index (Phi) is 4.80. The quantitative estimate of drug-likeness (QED) is 0.693. The maximum atomic E-state index is 6.15. The average molecular weight is 330 g/mol. The molecule has 0 aliphatic rings. The van der Waals surface area contributed by atoms with Crippen molar-refractivity contribution in [2.75, 3.05) is 0 Å². The van der Waals surface area contributed by atoms with Crippen LogP contribution in [0.5, 0.6) is 0 Å². The van der Waals surface area contributed by atoms with Gasteiger partial charge in [-0.1, -0.05) is 71.4 Å². The predicted molar refractivity (Wildman–Crippen MR) is 91.4 cm³/mol. The van der Waals surface area contributed by atoms with Gasteiger partial charge in [-0.2, -0.15) is 0 Å². The Morgan fingerprint density at radius 2 is 1.86 bits per heavy atom. The number of benzene rings is 2. The van der Waals surface area contributed by atoms with E-state index in [1.807, 2.05) is 24.3 Å². The van der Waals surface area contributed by atoms with E-state index in [9.17, 15) is 0 Å². The van der Waals surface area contributed by atoms with Gasteiger partial charge in [-0.15, -0.1) is 5.10 Å². The molecule has 0 saturated heterocycles. The second-order valence-electron chi connectivity index (χ2n) is 5.11. The molecule has 0 aliphatic heterocycles. The molecular formula is C17H16ClN3S. The van der Waals surface area contributed by atoms with Gasteiger partial charge in [0.15, 0.2) is 0 Å². The van der Waals surface area contributed by atoms with Crippen LogP contribution in [0.2, 0.25) is 5.02 Å². The van der Waals surface area contributed by atoms with Gasteiger partial charge in [-0.05, 0) is 24.1 Å². The van der Waals surface area contributed by atoms with Crippen molar-refractivity contribution in [1.29, 1.82) is 0 Å². The van der Waals surface area contributed by atoms with Gasteiger partial charge >= 0.3 is 0 Å². The van der Waals surface area contributed by atoms with Crippen LogP contribution in [0.1, 0.15) is 22.5 Å². The van der Waals surface area contributed by atoms with Gasteiger partial charge in [-0.3, -0.25) is 5.10 Å². The first kappa shape index (κ1) is 15.1. The van der Waals surface area contributed by atoms with Crippen molar-refractivity contribution in [3.05, 3.63) is 76.1 Å². The van der Waals surface area contributed by atoms with E-state index in [1.165, 1.54) is 11.1 Å². The van der Waals surface area contributed by atoms with Crippen LogP contribution in [0, 0.1) is 6.92 Å². The molecule has 5 heteroatoms. The monoisotopic (exact) mass is 329 g/mol. The van der Waals surface area contributed by atoms with Gasteiger partial charge in [0.25, 0.3) is 0 Å². The summed E-state index contributed by atoms with van der Waals surface area (Å²) in [4.78, 5) is 4.53. The first-order valence-electron chi connectivity index (χ1n) is 7.04. The number of H-pyrrole nitrogens is 1. The first-order chi connectivity index (χ1) is 10.7. The summed E-state index contributed by atoms with van der Waals surface area (Å²) in [6, 6.07) is 16.3. The Morgan fingerprint density at radius 1 is 1.09 bits per heavy atom. The van der Waals surface area contributed by atoms with Crippen molar-refractivity contribution in [2.24, 2.45) is 0 Å². The van der Waals surface area contributed by atoms with Gasteiger partial charge in [0.1, 0.15) is 5.82 Å². The number of nitrogens with zero attached hydrogens (tertiary/aromatic N) is 2. The van der Waals surface area contributed by atoms with E-state index in [0.29, 0.717) is 0 Å². The van der Waals surface area contributed by atoms with Crippen molar-refractivity contribution >= 4 is 23.4 Å². The highest BCUT2D eigenvalue weighted by molar-refractivity contribution is 7.98. The summed E-state index contributed by atoms with van der Waals surface area (Å²) in [6.45, 7) is 2.09. The molecule has 3 rings (SSSR count). The minimum Gasteiger partial charge on any atom is -0.262 e. The highest BCUT2D eigenvalue weighted by atomic mass is 35.5. The minimum atomic E-state index is 0.752. The smallest absolute Gasteiger partial charge is 0.208 e. The molecule has 3 nitrogen and oxygen atoms in total. The topological polar surface area (TPSA) is 41.6 Å². The molecule has 0 atom stereocenters. The van der Waals surface area contributed by atoms with Gasteiger partial charge < -0.3 is 0 Å². The number of aryl methyl sites for hydroxylation is 1. The molecule has 0 spiro atoms. The summed E-state index contributed by atoms with van der Waals surface area (Å²) in [5.74, 6) is 1.65. The second kappa shape index (κ2) is 6.99. The lowest BCUT2D eigenvalue weighted by atomic mass is 10.1. The summed E-state index contributed by atoms with van der Waals surface area (Å²) < 4.78 is 0. The van der Waals surface area contributed by atoms with E-state index in [2.05, 4.69) is 46.4 Å². The maximum Gasteiger partial charge on any atom is 0.208 e. The number of nitrogens with one attached hydrogen (secondary N) is 1. The molecule has 1 aromatic heterocycles. The Morgan fingerprint density at radius 3 is 2.64 bits per heavy atom. The minimum absolute atomic E-state index is 0.752. The van der Waals surface area contributed by atoms with Crippen molar-refractivity contribution < 1.29 is 0 Å². The van der Waals surface area contributed by atoms with E-state index in [4.69, 9.17) is 11.6 Å². The average Bonchev–Trinajstić information content (AvgIpc) is 2.96. The summed E-state index contributed by atoms with van der Waals surface area (Å²) in [7, 11) is 0. The number of hydrogen-bond acceptors (Lipinski definition) is 3.